The van der Waals surface area contributed by atoms with E-state index in [4.69, 9.17) is 4.74 Å². The van der Waals surface area contributed by atoms with Gasteiger partial charge in [0.05, 0.1) is 13.0 Å². The molecule has 2 aromatic rings. The number of rotatable bonds is 5. The number of nitrogens with zero attached hydrogens (tertiary/aromatic N) is 2. The van der Waals surface area contributed by atoms with Gasteiger partial charge in [0, 0.05) is 28.0 Å². The molecular formula is C19H18BrN3O3. The molecule has 2 aromatic carbocycles. The fourth-order valence-electron chi connectivity index (χ4n) is 2.62. The minimum Gasteiger partial charge on any atom is -0.857 e. The van der Waals surface area contributed by atoms with Crippen LogP contribution in [0.4, 0.5) is 5.69 Å². The van der Waals surface area contributed by atoms with E-state index in [9.17, 15) is 9.90 Å². The molecule has 0 spiro atoms. The predicted octanol–water partition coefficient (Wildman–Crippen LogP) is 2.22. The van der Waals surface area contributed by atoms with Gasteiger partial charge in [-0.2, -0.15) is 0 Å². The Labute approximate surface area is 159 Å². The van der Waals surface area contributed by atoms with Crippen molar-refractivity contribution >= 4 is 39.6 Å². The van der Waals surface area contributed by atoms with Crippen LogP contribution in [0, 0.1) is 5.92 Å². The maximum Gasteiger partial charge on any atom is 0.225 e. The minimum atomic E-state index is -0.444. The SMILES string of the molecule is COc1ccc(/C=[N+]2/CC(CC(=O)Nc3ccc(Br)cc3)C([O-])=N2)cc1. The number of benzene rings is 2. The second-order valence-corrected chi connectivity index (χ2v) is 6.83. The van der Waals surface area contributed by atoms with Gasteiger partial charge in [0.2, 0.25) is 12.1 Å². The third-order valence-corrected chi connectivity index (χ3v) is 4.49. The third kappa shape index (κ3) is 4.70. The van der Waals surface area contributed by atoms with Gasteiger partial charge in [-0.15, -0.1) is 0 Å². The van der Waals surface area contributed by atoms with E-state index in [0.29, 0.717) is 12.2 Å². The minimum absolute atomic E-state index is 0.103. The Morgan fingerprint density at radius 3 is 2.65 bits per heavy atom. The normalized spacial score (nSPS) is 17.8. The zero-order valence-corrected chi connectivity index (χ0v) is 15.8. The van der Waals surface area contributed by atoms with E-state index in [0.717, 1.165) is 15.8 Å². The van der Waals surface area contributed by atoms with Gasteiger partial charge in [0.15, 0.2) is 6.54 Å². The maximum atomic E-state index is 12.2. The number of halogens is 1. The lowest BCUT2D eigenvalue weighted by Gasteiger charge is -2.11. The fraction of sp³-hybridized carbons (Fsp3) is 0.211. The molecule has 1 aliphatic rings. The van der Waals surface area contributed by atoms with Gasteiger partial charge in [-0.05, 0) is 53.6 Å². The molecule has 3 rings (SSSR count). The summed E-state index contributed by atoms with van der Waals surface area (Å²) in [4.78, 5) is 12.2. The molecule has 1 amide bonds. The Bertz CT molecular complexity index is 845. The van der Waals surface area contributed by atoms with Crippen molar-refractivity contribution in [2.75, 3.05) is 19.0 Å². The lowest BCUT2D eigenvalue weighted by molar-refractivity contribution is -0.523. The summed E-state index contributed by atoms with van der Waals surface area (Å²) in [6.07, 6.45) is 1.88. The van der Waals surface area contributed by atoms with Crippen LogP contribution in [0.2, 0.25) is 0 Å². The van der Waals surface area contributed by atoms with Crippen molar-refractivity contribution in [2.45, 2.75) is 6.42 Å². The van der Waals surface area contributed by atoms with Crippen LogP contribution in [0.5, 0.6) is 5.75 Å². The molecule has 1 N–H and O–H groups in total. The highest BCUT2D eigenvalue weighted by atomic mass is 79.9. The molecule has 0 fully saturated rings. The zero-order valence-electron chi connectivity index (χ0n) is 14.2. The topological polar surface area (TPSA) is 76.8 Å². The standard InChI is InChI=1S/C19H18BrN3O3/c1-26-17-8-2-13(3-9-17)11-23-12-14(19(25)22-23)10-18(24)21-16-6-4-15(20)5-7-16/h2-9,11,14H,10,12H2,1H3,(H-,21,22,24,25)/b23-11-. The van der Waals surface area contributed by atoms with Crippen molar-refractivity contribution in [2.24, 2.45) is 11.0 Å². The van der Waals surface area contributed by atoms with Gasteiger partial charge in [-0.1, -0.05) is 20.6 Å². The largest absolute Gasteiger partial charge is 0.857 e. The zero-order chi connectivity index (χ0) is 18.5. The summed E-state index contributed by atoms with van der Waals surface area (Å²) < 4.78 is 7.64. The molecule has 0 bridgehead atoms. The first-order valence-electron chi connectivity index (χ1n) is 8.10. The Morgan fingerprint density at radius 2 is 2.00 bits per heavy atom. The number of ether oxygens (including phenoxy) is 1. The molecule has 1 atom stereocenters. The fourth-order valence-corrected chi connectivity index (χ4v) is 2.88. The molecule has 1 heterocycles. The Morgan fingerprint density at radius 1 is 1.31 bits per heavy atom. The number of methoxy groups -OCH3 is 1. The van der Waals surface area contributed by atoms with E-state index in [2.05, 4.69) is 26.3 Å². The van der Waals surface area contributed by atoms with Crippen molar-refractivity contribution in [3.63, 3.8) is 0 Å². The summed E-state index contributed by atoms with van der Waals surface area (Å²) in [5.41, 5.74) is 1.60. The number of hydrazone groups is 1. The van der Waals surface area contributed by atoms with Crippen molar-refractivity contribution in [1.29, 1.82) is 0 Å². The highest BCUT2D eigenvalue weighted by Crippen LogP contribution is 2.17. The van der Waals surface area contributed by atoms with Crippen molar-refractivity contribution in [3.05, 3.63) is 58.6 Å². The van der Waals surface area contributed by atoms with E-state index in [1.54, 1.807) is 30.1 Å². The van der Waals surface area contributed by atoms with Crippen LogP contribution in [0.15, 0.2) is 58.1 Å². The third-order valence-electron chi connectivity index (χ3n) is 3.96. The Hall–Kier alpha value is -2.67. The smallest absolute Gasteiger partial charge is 0.225 e. The maximum absolute atomic E-state index is 12.2. The summed E-state index contributed by atoms with van der Waals surface area (Å²) in [5, 5.41) is 18.9. The lowest BCUT2D eigenvalue weighted by Crippen LogP contribution is -2.30. The summed E-state index contributed by atoms with van der Waals surface area (Å²) in [6.45, 7) is 0.388. The van der Waals surface area contributed by atoms with Crippen molar-refractivity contribution in [3.8, 4) is 5.75 Å². The Kier molecular flexibility index (Phi) is 5.68. The van der Waals surface area contributed by atoms with Crippen molar-refractivity contribution in [1.82, 2.24) is 0 Å². The number of carbonyl (C=O) groups excluding carboxylic acids is 1. The summed E-state index contributed by atoms with van der Waals surface area (Å²) in [7, 11) is 1.61. The first-order valence-corrected chi connectivity index (χ1v) is 8.89. The molecule has 0 saturated carbocycles. The predicted molar refractivity (Wildman–Crippen MR) is 102 cm³/mol. The quantitative estimate of drug-likeness (QED) is 0.760. The van der Waals surface area contributed by atoms with Gasteiger partial charge in [0.25, 0.3) is 0 Å². The molecule has 0 saturated heterocycles. The first kappa shape index (κ1) is 18.1. The van der Waals surface area contributed by atoms with E-state index < -0.39 is 5.92 Å². The van der Waals surface area contributed by atoms with Gasteiger partial charge in [-0.25, -0.2) is 0 Å². The van der Waals surface area contributed by atoms with Crippen LogP contribution in [-0.4, -0.2) is 36.4 Å². The van der Waals surface area contributed by atoms with Gasteiger partial charge in [0.1, 0.15) is 5.75 Å². The van der Waals surface area contributed by atoms with Gasteiger partial charge < -0.3 is 15.2 Å². The Balaban J connectivity index is 1.60. The van der Waals surface area contributed by atoms with Crippen LogP contribution < -0.4 is 15.2 Å². The van der Waals surface area contributed by atoms with E-state index >= 15 is 0 Å². The monoisotopic (exact) mass is 415 g/mol. The number of hydrogen-bond acceptors (Lipinski definition) is 4. The number of nitrogens with one attached hydrogen (secondary N) is 1. The first-order chi connectivity index (χ1) is 12.5. The summed E-state index contributed by atoms with van der Waals surface area (Å²) in [5.74, 6) is -0.160. The number of anilines is 1. The van der Waals surface area contributed by atoms with Crippen LogP contribution >= 0.6 is 15.9 Å². The van der Waals surface area contributed by atoms with Gasteiger partial charge >= 0.3 is 0 Å². The summed E-state index contributed by atoms with van der Waals surface area (Å²) in [6, 6.07) is 14.7. The average molecular weight is 416 g/mol. The van der Waals surface area contributed by atoms with Crippen LogP contribution in [0.25, 0.3) is 0 Å². The second kappa shape index (κ2) is 8.14. The van der Waals surface area contributed by atoms with E-state index in [1.807, 2.05) is 36.4 Å². The molecule has 7 heteroatoms. The molecule has 0 aliphatic carbocycles. The highest BCUT2D eigenvalue weighted by molar-refractivity contribution is 9.10. The molecule has 26 heavy (non-hydrogen) atoms. The van der Waals surface area contributed by atoms with Crippen LogP contribution in [0.1, 0.15) is 12.0 Å². The average Bonchev–Trinajstić information content (AvgIpc) is 2.96. The lowest BCUT2D eigenvalue weighted by atomic mass is 10.1. The highest BCUT2D eigenvalue weighted by Gasteiger charge is 2.27. The molecular weight excluding hydrogens is 398 g/mol. The second-order valence-electron chi connectivity index (χ2n) is 5.92. The number of amides is 1. The summed E-state index contributed by atoms with van der Waals surface area (Å²) >= 11 is 3.35. The molecule has 1 aliphatic heterocycles. The van der Waals surface area contributed by atoms with Crippen LogP contribution in [0.3, 0.4) is 0 Å². The van der Waals surface area contributed by atoms with Gasteiger partial charge in [-0.3, -0.25) is 4.79 Å². The molecule has 134 valence electrons. The molecule has 0 aromatic heterocycles. The molecule has 6 nitrogen and oxygen atoms in total. The number of hydrogen-bond donors (Lipinski definition) is 1. The molecule has 1 unspecified atom stereocenters. The van der Waals surface area contributed by atoms with E-state index in [1.165, 1.54) is 0 Å². The molecule has 0 radical (unpaired) electrons. The van der Waals surface area contributed by atoms with Crippen LogP contribution in [-0.2, 0) is 4.79 Å². The van der Waals surface area contributed by atoms with E-state index in [-0.39, 0.29) is 18.2 Å². The van der Waals surface area contributed by atoms with Crippen molar-refractivity contribution < 1.29 is 19.3 Å². The number of carbonyl (C=O) groups is 1.